The van der Waals surface area contributed by atoms with Gasteiger partial charge in [0.15, 0.2) is 11.6 Å². The standard InChI is InChI=1S/C20H22N4OS/c1-23-12-6-13-24(18(25)11-4-7-15-8-5-14-26-15)20-19(23)21-16-9-2-3-10-17(16)22-20/h2-3,5,8-10,14H,4,6-7,11-13H2,1H3. The predicted octanol–water partition coefficient (Wildman–Crippen LogP) is 3.89. The molecule has 1 aromatic carbocycles. The van der Waals surface area contributed by atoms with Crippen molar-refractivity contribution in [2.45, 2.75) is 25.7 Å². The number of para-hydroxylation sites is 2. The normalized spacial score (nSPS) is 14.3. The van der Waals surface area contributed by atoms with Crippen LogP contribution in [-0.4, -0.2) is 36.0 Å². The molecule has 0 aliphatic carbocycles. The van der Waals surface area contributed by atoms with Gasteiger partial charge in [-0.3, -0.25) is 9.69 Å². The fraction of sp³-hybridized carbons (Fsp3) is 0.350. The van der Waals surface area contributed by atoms with Crippen molar-refractivity contribution in [1.29, 1.82) is 0 Å². The van der Waals surface area contributed by atoms with Crippen molar-refractivity contribution in [3.05, 3.63) is 46.7 Å². The number of rotatable bonds is 4. The maximum Gasteiger partial charge on any atom is 0.228 e. The largest absolute Gasteiger partial charge is 0.357 e. The molecule has 1 aliphatic heterocycles. The van der Waals surface area contributed by atoms with Crippen LogP contribution in [0.4, 0.5) is 11.6 Å². The molecule has 6 heteroatoms. The Morgan fingerprint density at radius 2 is 1.85 bits per heavy atom. The molecule has 0 bridgehead atoms. The zero-order valence-electron chi connectivity index (χ0n) is 14.9. The highest BCUT2D eigenvalue weighted by Gasteiger charge is 2.26. The summed E-state index contributed by atoms with van der Waals surface area (Å²) in [6, 6.07) is 12.0. The molecule has 0 radical (unpaired) electrons. The Bertz CT molecular complexity index is 909. The summed E-state index contributed by atoms with van der Waals surface area (Å²) in [7, 11) is 2.02. The maximum atomic E-state index is 12.9. The molecule has 0 unspecified atom stereocenters. The highest BCUT2D eigenvalue weighted by molar-refractivity contribution is 7.09. The fourth-order valence-electron chi connectivity index (χ4n) is 3.34. The van der Waals surface area contributed by atoms with Crippen LogP contribution in [-0.2, 0) is 11.2 Å². The summed E-state index contributed by atoms with van der Waals surface area (Å²) >= 11 is 1.75. The summed E-state index contributed by atoms with van der Waals surface area (Å²) in [6.07, 6.45) is 3.27. The first-order chi connectivity index (χ1) is 12.7. The molecular weight excluding hydrogens is 344 g/mol. The van der Waals surface area contributed by atoms with Crippen LogP contribution in [0, 0.1) is 0 Å². The van der Waals surface area contributed by atoms with Crippen LogP contribution in [0.1, 0.15) is 24.1 Å². The Kier molecular flexibility index (Phi) is 4.84. The van der Waals surface area contributed by atoms with E-state index < -0.39 is 0 Å². The number of aryl methyl sites for hydroxylation is 1. The lowest BCUT2D eigenvalue weighted by Gasteiger charge is -2.22. The third kappa shape index (κ3) is 3.42. The second-order valence-corrected chi connectivity index (χ2v) is 7.65. The van der Waals surface area contributed by atoms with E-state index in [1.807, 2.05) is 36.2 Å². The predicted molar refractivity (Wildman–Crippen MR) is 107 cm³/mol. The smallest absolute Gasteiger partial charge is 0.228 e. The van der Waals surface area contributed by atoms with Gasteiger partial charge in [0, 0.05) is 31.4 Å². The maximum absolute atomic E-state index is 12.9. The number of aromatic nitrogens is 2. The molecule has 0 fully saturated rings. The first kappa shape index (κ1) is 17.0. The molecule has 134 valence electrons. The van der Waals surface area contributed by atoms with E-state index >= 15 is 0 Å². The van der Waals surface area contributed by atoms with Crippen LogP contribution in [0.2, 0.25) is 0 Å². The van der Waals surface area contributed by atoms with Crippen LogP contribution in [0.25, 0.3) is 11.0 Å². The average Bonchev–Trinajstić information content (AvgIpc) is 3.12. The Balaban J connectivity index is 1.59. The van der Waals surface area contributed by atoms with Crippen LogP contribution in [0.15, 0.2) is 41.8 Å². The molecule has 1 amide bonds. The summed E-state index contributed by atoms with van der Waals surface area (Å²) in [5, 5.41) is 2.08. The lowest BCUT2D eigenvalue weighted by Crippen LogP contribution is -2.32. The van der Waals surface area contributed by atoms with Gasteiger partial charge >= 0.3 is 0 Å². The first-order valence-electron chi connectivity index (χ1n) is 9.03. The Morgan fingerprint density at radius 1 is 1.08 bits per heavy atom. The van der Waals surface area contributed by atoms with Crippen molar-refractivity contribution >= 4 is 39.9 Å². The average molecular weight is 366 g/mol. The van der Waals surface area contributed by atoms with Crippen molar-refractivity contribution in [2.24, 2.45) is 0 Å². The van der Waals surface area contributed by atoms with Crippen molar-refractivity contribution < 1.29 is 4.79 Å². The molecule has 1 aliphatic rings. The number of fused-ring (bicyclic) bond motifs is 2. The van der Waals surface area contributed by atoms with Gasteiger partial charge < -0.3 is 4.90 Å². The monoisotopic (exact) mass is 366 g/mol. The quantitative estimate of drug-likeness (QED) is 0.703. The number of carbonyl (C=O) groups excluding carboxylic acids is 1. The second-order valence-electron chi connectivity index (χ2n) is 6.61. The number of nitrogens with zero attached hydrogens (tertiary/aromatic N) is 4. The lowest BCUT2D eigenvalue weighted by molar-refractivity contribution is -0.118. The minimum atomic E-state index is 0.141. The van der Waals surface area contributed by atoms with E-state index in [0.717, 1.165) is 42.7 Å². The van der Waals surface area contributed by atoms with Crippen LogP contribution < -0.4 is 9.80 Å². The summed E-state index contributed by atoms with van der Waals surface area (Å²) in [5.41, 5.74) is 1.70. The summed E-state index contributed by atoms with van der Waals surface area (Å²) in [5.74, 6) is 1.64. The van der Waals surface area contributed by atoms with E-state index in [4.69, 9.17) is 9.97 Å². The topological polar surface area (TPSA) is 49.3 Å². The van der Waals surface area contributed by atoms with Gasteiger partial charge in [0.2, 0.25) is 5.91 Å². The summed E-state index contributed by atoms with van der Waals surface area (Å²) in [4.78, 5) is 27.8. The van der Waals surface area contributed by atoms with E-state index in [2.05, 4.69) is 22.4 Å². The minimum Gasteiger partial charge on any atom is -0.357 e. The molecule has 0 spiro atoms. The Hall–Kier alpha value is -2.47. The van der Waals surface area contributed by atoms with Crippen LogP contribution in [0.5, 0.6) is 0 Å². The molecular formula is C20H22N4OS. The molecule has 0 N–H and O–H groups in total. The number of hydrogen-bond donors (Lipinski definition) is 0. The van der Waals surface area contributed by atoms with Gasteiger partial charge in [0.1, 0.15) is 0 Å². The molecule has 4 rings (SSSR count). The second kappa shape index (κ2) is 7.41. The lowest BCUT2D eigenvalue weighted by atomic mass is 10.2. The zero-order chi connectivity index (χ0) is 17.9. The molecule has 0 saturated carbocycles. The van der Waals surface area contributed by atoms with Crippen LogP contribution in [0.3, 0.4) is 0 Å². The van der Waals surface area contributed by atoms with Gasteiger partial charge in [-0.15, -0.1) is 11.3 Å². The minimum absolute atomic E-state index is 0.141. The molecule has 3 heterocycles. The first-order valence-corrected chi connectivity index (χ1v) is 9.91. The Morgan fingerprint density at radius 3 is 2.58 bits per heavy atom. The van der Waals surface area contributed by atoms with Gasteiger partial charge in [-0.25, -0.2) is 9.97 Å². The van der Waals surface area contributed by atoms with Gasteiger partial charge in [-0.1, -0.05) is 18.2 Å². The van der Waals surface area contributed by atoms with Crippen molar-refractivity contribution in [1.82, 2.24) is 9.97 Å². The van der Waals surface area contributed by atoms with Crippen molar-refractivity contribution in [2.75, 3.05) is 29.9 Å². The summed E-state index contributed by atoms with van der Waals surface area (Å²) < 4.78 is 0. The SMILES string of the molecule is CN1CCCN(C(=O)CCCc2cccs2)c2nc3ccccc3nc21. The number of hydrogen-bond acceptors (Lipinski definition) is 5. The highest BCUT2D eigenvalue weighted by atomic mass is 32.1. The fourth-order valence-corrected chi connectivity index (χ4v) is 4.09. The number of anilines is 2. The van der Waals surface area contributed by atoms with Gasteiger partial charge in [0.05, 0.1) is 11.0 Å². The number of amides is 1. The molecule has 26 heavy (non-hydrogen) atoms. The highest BCUT2D eigenvalue weighted by Crippen LogP contribution is 2.30. The molecule has 0 atom stereocenters. The van der Waals surface area contributed by atoms with E-state index in [1.165, 1.54) is 4.88 Å². The summed E-state index contributed by atoms with van der Waals surface area (Å²) in [6.45, 7) is 1.57. The number of benzene rings is 1. The van der Waals surface area contributed by atoms with Crippen molar-refractivity contribution in [3.63, 3.8) is 0 Å². The van der Waals surface area contributed by atoms with E-state index in [9.17, 15) is 4.79 Å². The number of thiophene rings is 1. The van der Waals surface area contributed by atoms with Gasteiger partial charge in [0.25, 0.3) is 0 Å². The zero-order valence-corrected chi connectivity index (χ0v) is 15.7. The molecule has 3 aromatic rings. The molecule has 0 saturated heterocycles. The molecule has 2 aromatic heterocycles. The van der Waals surface area contributed by atoms with Gasteiger partial charge in [-0.05, 0) is 42.8 Å². The third-order valence-electron chi connectivity index (χ3n) is 4.72. The van der Waals surface area contributed by atoms with E-state index in [-0.39, 0.29) is 5.91 Å². The Labute approximate surface area is 157 Å². The number of carbonyl (C=O) groups is 1. The van der Waals surface area contributed by atoms with E-state index in [1.54, 1.807) is 11.3 Å². The van der Waals surface area contributed by atoms with E-state index in [0.29, 0.717) is 18.8 Å². The van der Waals surface area contributed by atoms with Crippen LogP contribution >= 0.6 is 11.3 Å². The third-order valence-corrected chi connectivity index (χ3v) is 5.66. The van der Waals surface area contributed by atoms with Gasteiger partial charge in [-0.2, -0.15) is 0 Å². The van der Waals surface area contributed by atoms with Crippen molar-refractivity contribution in [3.8, 4) is 0 Å². The molecule has 5 nitrogen and oxygen atoms in total.